The average Bonchev–Trinajstić information content (AvgIpc) is 2.48. The van der Waals surface area contributed by atoms with Crippen LogP contribution >= 0.6 is 34.8 Å². The van der Waals surface area contributed by atoms with Gasteiger partial charge in [0.25, 0.3) is 0 Å². The molecule has 0 atom stereocenters. The number of aliphatic imine (C=N–C) groups is 1. The SMILES string of the molecule is Cc1c(Cl)c(Cl)cc2c1N=C(CCl)[N+]2(C)C. The van der Waals surface area contributed by atoms with E-state index in [1.807, 2.05) is 27.1 Å². The fourth-order valence-electron chi connectivity index (χ4n) is 1.87. The third kappa shape index (κ3) is 1.56. The quantitative estimate of drug-likeness (QED) is 0.540. The van der Waals surface area contributed by atoms with Crippen LogP contribution in [0.2, 0.25) is 10.0 Å². The molecular weight excluding hydrogens is 266 g/mol. The van der Waals surface area contributed by atoms with E-state index in [9.17, 15) is 0 Å². The normalized spacial score (nSPS) is 17.2. The van der Waals surface area contributed by atoms with E-state index in [1.54, 1.807) is 0 Å². The molecule has 1 aliphatic rings. The van der Waals surface area contributed by atoms with Gasteiger partial charge in [0, 0.05) is 11.6 Å². The largest absolute Gasteiger partial charge is 0.248 e. The van der Waals surface area contributed by atoms with Gasteiger partial charge in [-0.15, -0.1) is 11.6 Å². The van der Waals surface area contributed by atoms with Crippen molar-refractivity contribution in [1.29, 1.82) is 0 Å². The molecule has 1 aliphatic heterocycles. The van der Waals surface area contributed by atoms with Gasteiger partial charge in [0.1, 0.15) is 11.6 Å². The Morgan fingerprint density at radius 1 is 1.31 bits per heavy atom. The highest BCUT2D eigenvalue weighted by Crippen LogP contribution is 2.46. The first-order chi connectivity index (χ1) is 7.39. The Balaban J connectivity index is 2.73. The summed E-state index contributed by atoms with van der Waals surface area (Å²) in [6.45, 7) is 1.92. The summed E-state index contributed by atoms with van der Waals surface area (Å²) in [4.78, 5) is 4.54. The molecular formula is C11H12Cl3N2+. The number of hydrogen-bond donors (Lipinski definition) is 0. The fourth-order valence-corrected chi connectivity index (χ4v) is 2.61. The molecule has 0 aromatic heterocycles. The Bertz CT molecular complexity index is 492. The number of fused-ring (bicyclic) bond motifs is 1. The molecule has 0 bridgehead atoms. The van der Waals surface area contributed by atoms with Crippen LogP contribution in [0.15, 0.2) is 11.1 Å². The molecule has 0 saturated heterocycles. The van der Waals surface area contributed by atoms with Crippen molar-refractivity contribution in [2.24, 2.45) is 4.99 Å². The highest BCUT2D eigenvalue weighted by molar-refractivity contribution is 6.43. The van der Waals surface area contributed by atoms with Crippen LogP contribution in [0.4, 0.5) is 11.4 Å². The summed E-state index contributed by atoms with van der Waals surface area (Å²) in [5.41, 5.74) is 2.85. The van der Waals surface area contributed by atoms with Gasteiger partial charge in [-0.1, -0.05) is 23.2 Å². The monoisotopic (exact) mass is 277 g/mol. The number of alkyl halides is 1. The highest BCUT2D eigenvalue weighted by atomic mass is 35.5. The molecule has 0 amide bonds. The first-order valence-electron chi connectivity index (χ1n) is 4.86. The summed E-state index contributed by atoms with van der Waals surface area (Å²) in [5.74, 6) is 1.30. The zero-order valence-corrected chi connectivity index (χ0v) is 11.6. The van der Waals surface area contributed by atoms with Crippen LogP contribution in [-0.4, -0.2) is 25.8 Å². The van der Waals surface area contributed by atoms with Gasteiger partial charge in [0.05, 0.1) is 24.1 Å². The van der Waals surface area contributed by atoms with Crippen molar-refractivity contribution < 1.29 is 0 Å². The maximum absolute atomic E-state index is 6.10. The number of amidine groups is 1. The van der Waals surface area contributed by atoms with Crippen LogP contribution in [0.25, 0.3) is 0 Å². The Labute approximate surface area is 110 Å². The van der Waals surface area contributed by atoms with E-state index in [2.05, 4.69) is 4.99 Å². The summed E-state index contributed by atoms with van der Waals surface area (Å²) in [7, 11) is 4.08. The molecule has 0 unspecified atom stereocenters. The van der Waals surface area contributed by atoms with E-state index in [-0.39, 0.29) is 0 Å². The van der Waals surface area contributed by atoms with Crippen molar-refractivity contribution in [3.05, 3.63) is 21.7 Å². The third-order valence-corrected chi connectivity index (χ3v) is 4.13. The second kappa shape index (κ2) is 3.88. The van der Waals surface area contributed by atoms with Crippen LogP contribution in [0.3, 0.4) is 0 Å². The zero-order valence-electron chi connectivity index (χ0n) is 9.31. The van der Waals surface area contributed by atoms with E-state index in [0.717, 1.165) is 22.8 Å². The van der Waals surface area contributed by atoms with Crippen molar-refractivity contribution >= 4 is 52.0 Å². The minimum atomic E-state index is 0.399. The van der Waals surface area contributed by atoms with Gasteiger partial charge in [-0.25, -0.2) is 4.48 Å². The molecule has 0 fully saturated rings. The Hall–Kier alpha value is -0.280. The summed E-state index contributed by atoms with van der Waals surface area (Å²) in [6.07, 6.45) is 0. The van der Waals surface area contributed by atoms with Crippen molar-refractivity contribution in [2.75, 3.05) is 20.0 Å². The lowest BCUT2D eigenvalue weighted by molar-refractivity contribution is 0.605. The van der Waals surface area contributed by atoms with Gasteiger partial charge < -0.3 is 0 Å². The zero-order chi connectivity index (χ0) is 12.1. The minimum Gasteiger partial charge on any atom is -0.248 e. The second-order valence-corrected chi connectivity index (χ2v) is 5.33. The molecule has 5 heteroatoms. The van der Waals surface area contributed by atoms with Gasteiger partial charge in [-0.2, -0.15) is 4.99 Å². The fraction of sp³-hybridized carbons (Fsp3) is 0.364. The van der Waals surface area contributed by atoms with Crippen molar-refractivity contribution in [3.63, 3.8) is 0 Å². The van der Waals surface area contributed by atoms with Crippen LogP contribution in [0.1, 0.15) is 5.56 Å². The molecule has 0 N–H and O–H groups in total. The third-order valence-electron chi connectivity index (χ3n) is 3.01. The van der Waals surface area contributed by atoms with Crippen LogP contribution < -0.4 is 4.48 Å². The van der Waals surface area contributed by atoms with E-state index < -0.39 is 0 Å². The standard InChI is InChI=1S/C11H12Cl3N2/c1-6-10(14)7(13)4-8-11(6)15-9(5-12)16(8,2)3/h4H,5H2,1-3H3/q+1. The molecule has 0 spiro atoms. The predicted octanol–water partition coefficient (Wildman–Crippen LogP) is 4.15. The molecule has 2 rings (SSSR count). The minimum absolute atomic E-state index is 0.399. The Morgan fingerprint density at radius 3 is 2.50 bits per heavy atom. The summed E-state index contributed by atoms with van der Waals surface area (Å²) < 4.78 is 0.538. The smallest absolute Gasteiger partial charge is 0.223 e. The molecule has 86 valence electrons. The predicted molar refractivity (Wildman–Crippen MR) is 72.7 cm³/mol. The number of quaternary nitrogens is 1. The lowest BCUT2D eigenvalue weighted by atomic mass is 10.1. The van der Waals surface area contributed by atoms with Crippen LogP contribution in [0.5, 0.6) is 0 Å². The first-order valence-corrected chi connectivity index (χ1v) is 6.16. The van der Waals surface area contributed by atoms with Crippen molar-refractivity contribution in [3.8, 4) is 0 Å². The van der Waals surface area contributed by atoms with Crippen LogP contribution in [-0.2, 0) is 0 Å². The number of benzene rings is 1. The van der Waals surface area contributed by atoms with Gasteiger partial charge in [0.15, 0.2) is 5.69 Å². The van der Waals surface area contributed by atoms with Gasteiger partial charge in [0.2, 0.25) is 5.84 Å². The summed E-state index contributed by atoms with van der Waals surface area (Å²) in [6, 6.07) is 1.87. The summed E-state index contributed by atoms with van der Waals surface area (Å²) >= 11 is 18.1. The van der Waals surface area contributed by atoms with E-state index in [1.165, 1.54) is 0 Å². The molecule has 2 nitrogen and oxygen atoms in total. The molecule has 1 aromatic rings. The number of halogens is 3. The van der Waals surface area contributed by atoms with Crippen molar-refractivity contribution in [2.45, 2.75) is 6.92 Å². The van der Waals surface area contributed by atoms with Gasteiger partial charge >= 0.3 is 0 Å². The molecule has 0 radical (unpaired) electrons. The number of rotatable bonds is 1. The number of hydrogen-bond acceptors (Lipinski definition) is 1. The highest BCUT2D eigenvalue weighted by Gasteiger charge is 2.37. The maximum atomic E-state index is 6.10. The molecule has 1 heterocycles. The van der Waals surface area contributed by atoms with Gasteiger partial charge in [-0.3, -0.25) is 0 Å². The second-order valence-electron chi connectivity index (χ2n) is 4.28. The topological polar surface area (TPSA) is 12.4 Å². The maximum Gasteiger partial charge on any atom is 0.223 e. The molecule has 0 saturated carbocycles. The lowest BCUT2D eigenvalue weighted by Gasteiger charge is -2.24. The number of nitrogens with zero attached hydrogens (tertiary/aromatic N) is 2. The van der Waals surface area contributed by atoms with E-state index in [0.29, 0.717) is 20.4 Å². The Morgan fingerprint density at radius 2 is 1.94 bits per heavy atom. The van der Waals surface area contributed by atoms with Crippen molar-refractivity contribution in [1.82, 2.24) is 4.48 Å². The molecule has 16 heavy (non-hydrogen) atoms. The van der Waals surface area contributed by atoms with Gasteiger partial charge in [-0.05, 0) is 6.92 Å². The summed E-state index contributed by atoms with van der Waals surface area (Å²) in [5, 5.41) is 1.13. The van der Waals surface area contributed by atoms with E-state index >= 15 is 0 Å². The first kappa shape index (κ1) is 12.2. The average molecular weight is 279 g/mol. The van der Waals surface area contributed by atoms with E-state index in [4.69, 9.17) is 34.8 Å². The molecule has 0 aliphatic carbocycles. The van der Waals surface area contributed by atoms with Crippen LogP contribution in [0, 0.1) is 6.92 Å². The molecule has 1 aromatic carbocycles. The Kier molecular flexibility index (Phi) is 2.96. The lowest BCUT2D eigenvalue weighted by Crippen LogP contribution is -2.45.